The Balaban J connectivity index is -0.000000806. The van der Waals surface area contributed by atoms with E-state index in [2.05, 4.69) is 26.6 Å². The van der Waals surface area contributed by atoms with Crippen LogP contribution in [0.2, 0.25) is 0 Å². The predicted molar refractivity (Wildman–Crippen MR) is 143 cm³/mol. The van der Waals surface area contributed by atoms with Crippen LogP contribution >= 0.6 is 0 Å². The van der Waals surface area contributed by atoms with E-state index < -0.39 is 18.0 Å². The standard InChI is InChI=1S/C17H26N4O4.C4H10N2O.C2H6.CH2O2/c1-11(2)16(21-14(23)8-18-3)17(25)19-9-15(24)20-13-6-4-12(10-22)5-7-13;1-2-3-6-4(5)7;1-2;2-1-3/h4-7,11,16,18,22H,8-10H2,1-3H3,(H,19,25)(H,20,24)(H,21,23);2-3H2,1H3,(H3,5,6,7);1-2H3;1H,(H,2,3). The van der Waals surface area contributed by atoms with Gasteiger partial charge in [0, 0.05) is 12.2 Å². The zero-order chi connectivity index (χ0) is 29.2. The number of anilines is 1. The first-order valence-corrected chi connectivity index (χ1v) is 11.9. The number of likely N-dealkylation sites (N-methyl/N-ethyl adjacent to an activating group) is 1. The molecule has 5 amide bonds. The summed E-state index contributed by atoms with van der Waals surface area (Å²) < 4.78 is 0. The first kappa shape index (κ1) is 37.8. The Hall–Kier alpha value is -3.71. The van der Waals surface area contributed by atoms with Gasteiger partial charge in [0.05, 0.1) is 19.7 Å². The van der Waals surface area contributed by atoms with Gasteiger partial charge in [0.2, 0.25) is 17.7 Å². The number of aliphatic hydroxyl groups excluding tert-OH is 1. The Morgan fingerprint density at radius 1 is 1.00 bits per heavy atom. The van der Waals surface area contributed by atoms with E-state index in [-0.39, 0.29) is 43.9 Å². The van der Waals surface area contributed by atoms with Crippen molar-refractivity contribution in [2.24, 2.45) is 11.7 Å². The van der Waals surface area contributed by atoms with Crippen molar-refractivity contribution in [3.63, 3.8) is 0 Å². The number of rotatable bonds is 11. The third-order valence-electron chi connectivity index (χ3n) is 4.00. The molecule has 37 heavy (non-hydrogen) atoms. The Kier molecular flexibility index (Phi) is 26.0. The van der Waals surface area contributed by atoms with E-state index in [4.69, 9.17) is 20.7 Å². The van der Waals surface area contributed by atoms with Gasteiger partial charge in [-0.3, -0.25) is 19.2 Å². The molecule has 0 saturated heterocycles. The second kappa shape index (κ2) is 25.4. The highest BCUT2D eigenvalue weighted by Gasteiger charge is 2.24. The van der Waals surface area contributed by atoms with Crippen LogP contribution in [0.4, 0.5) is 10.5 Å². The number of amides is 5. The summed E-state index contributed by atoms with van der Waals surface area (Å²) in [5.74, 6) is -1.20. The summed E-state index contributed by atoms with van der Waals surface area (Å²) in [5.41, 5.74) is 6.04. The molecule has 0 aliphatic rings. The zero-order valence-corrected chi connectivity index (χ0v) is 22.6. The summed E-state index contributed by atoms with van der Waals surface area (Å²) in [6.45, 7) is 9.86. The number of nitrogens with two attached hydrogens (primary N) is 1. The molecule has 0 heterocycles. The molecule has 0 saturated carbocycles. The lowest BCUT2D eigenvalue weighted by Crippen LogP contribution is -2.52. The average Bonchev–Trinajstić information content (AvgIpc) is 2.87. The van der Waals surface area contributed by atoms with Crippen molar-refractivity contribution < 1.29 is 34.2 Å². The quantitative estimate of drug-likeness (QED) is 0.188. The number of hydrogen-bond donors (Lipinski definition) is 8. The van der Waals surface area contributed by atoms with Gasteiger partial charge in [0.1, 0.15) is 6.04 Å². The Bertz CT molecular complexity index is 773. The van der Waals surface area contributed by atoms with Crippen molar-refractivity contribution in [3.05, 3.63) is 29.8 Å². The van der Waals surface area contributed by atoms with Crippen molar-refractivity contribution in [2.45, 2.75) is 53.7 Å². The van der Waals surface area contributed by atoms with Crippen LogP contribution in [0.3, 0.4) is 0 Å². The molecule has 1 unspecified atom stereocenters. The molecule has 0 aromatic heterocycles. The minimum absolute atomic E-state index is 0.0693. The molecule has 1 aromatic carbocycles. The highest BCUT2D eigenvalue weighted by molar-refractivity contribution is 5.96. The van der Waals surface area contributed by atoms with Crippen LogP contribution in [0, 0.1) is 5.92 Å². The van der Waals surface area contributed by atoms with Gasteiger partial charge in [0.15, 0.2) is 0 Å². The van der Waals surface area contributed by atoms with Gasteiger partial charge in [-0.2, -0.15) is 0 Å². The molecule has 1 rings (SSSR count). The highest BCUT2D eigenvalue weighted by atomic mass is 16.3. The summed E-state index contributed by atoms with van der Waals surface area (Å²) in [6.07, 6.45) is 0.933. The fraction of sp³-hybridized carbons (Fsp3) is 0.542. The van der Waals surface area contributed by atoms with Crippen LogP contribution < -0.4 is 32.3 Å². The Morgan fingerprint density at radius 2 is 1.54 bits per heavy atom. The van der Waals surface area contributed by atoms with Crippen molar-refractivity contribution in [1.29, 1.82) is 0 Å². The maximum absolute atomic E-state index is 12.2. The summed E-state index contributed by atoms with van der Waals surface area (Å²) in [5, 5.41) is 28.8. The molecule has 0 aliphatic carbocycles. The molecule has 0 spiro atoms. The van der Waals surface area contributed by atoms with Gasteiger partial charge in [-0.1, -0.05) is 46.8 Å². The maximum atomic E-state index is 12.2. The SMILES string of the molecule is CC.CCCNC(N)=O.CNCC(=O)NC(C(=O)NCC(=O)Nc1ccc(CO)cc1)C(C)C.O=CO. The molecule has 0 fully saturated rings. The van der Waals surface area contributed by atoms with Gasteiger partial charge in [-0.25, -0.2) is 4.79 Å². The average molecular weight is 529 g/mol. The van der Waals surface area contributed by atoms with E-state index in [0.717, 1.165) is 12.0 Å². The van der Waals surface area contributed by atoms with Crippen LogP contribution in [0.25, 0.3) is 0 Å². The summed E-state index contributed by atoms with van der Waals surface area (Å²) in [4.78, 5) is 54.0. The first-order chi connectivity index (χ1) is 17.6. The number of urea groups is 1. The largest absolute Gasteiger partial charge is 0.483 e. The molecule has 9 N–H and O–H groups in total. The van der Waals surface area contributed by atoms with Crippen LogP contribution in [-0.4, -0.2) is 73.2 Å². The number of benzene rings is 1. The molecule has 13 heteroatoms. The highest BCUT2D eigenvalue weighted by Crippen LogP contribution is 2.09. The third kappa shape index (κ3) is 22.5. The monoisotopic (exact) mass is 528 g/mol. The van der Waals surface area contributed by atoms with Gasteiger partial charge in [-0.05, 0) is 37.1 Å². The van der Waals surface area contributed by atoms with Gasteiger partial charge >= 0.3 is 6.03 Å². The molecule has 0 radical (unpaired) electrons. The topological polar surface area (TPSA) is 212 Å². The fourth-order valence-electron chi connectivity index (χ4n) is 2.34. The van der Waals surface area contributed by atoms with Crippen LogP contribution in [0.5, 0.6) is 0 Å². The second-order valence-electron chi connectivity index (χ2n) is 7.34. The Morgan fingerprint density at radius 3 is 1.92 bits per heavy atom. The van der Waals surface area contributed by atoms with Crippen molar-refractivity contribution in [1.82, 2.24) is 21.3 Å². The van der Waals surface area contributed by atoms with E-state index in [1.807, 2.05) is 34.6 Å². The number of aliphatic hydroxyl groups is 1. The fourth-order valence-corrected chi connectivity index (χ4v) is 2.34. The molecule has 0 bridgehead atoms. The first-order valence-electron chi connectivity index (χ1n) is 11.9. The summed E-state index contributed by atoms with van der Waals surface area (Å²) in [7, 11) is 1.64. The molecule has 0 aliphatic heterocycles. The number of nitrogens with one attached hydrogen (secondary N) is 5. The van der Waals surface area contributed by atoms with E-state index in [1.165, 1.54) is 0 Å². The lowest BCUT2D eigenvalue weighted by molar-refractivity contribution is -0.130. The van der Waals surface area contributed by atoms with E-state index >= 15 is 0 Å². The van der Waals surface area contributed by atoms with E-state index in [9.17, 15) is 19.2 Å². The number of carbonyl (C=O) groups excluding carboxylic acids is 4. The lowest BCUT2D eigenvalue weighted by Gasteiger charge is -2.21. The minimum Gasteiger partial charge on any atom is -0.483 e. The third-order valence-corrected chi connectivity index (χ3v) is 4.00. The van der Waals surface area contributed by atoms with Crippen LogP contribution in [0.1, 0.15) is 46.6 Å². The summed E-state index contributed by atoms with van der Waals surface area (Å²) in [6, 6.07) is 5.57. The smallest absolute Gasteiger partial charge is 0.312 e. The normalized spacial score (nSPS) is 9.95. The van der Waals surface area contributed by atoms with Crippen molar-refractivity contribution in [3.8, 4) is 0 Å². The number of carboxylic acid groups (broad SMARTS) is 1. The molecule has 1 atom stereocenters. The van der Waals surface area contributed by atoms with Crippen molar-refractivity contribution in [2.75, 3.05) is 32.0 Å². The maximum Gasteiger partial charge on any atom is 0.312 e. The van der Waals surface area contributed by atoms with E-state index in [1.54, 1.807) is 31.3 Å². The predicted octanol–water partition coefficient (Wildman–Crippen LogP) is 0.386. The molecule has 13 nitrogen and oxygen atoms in total. The number of hydrogen-bond acceptors (Lipinski definition) is 7. The molecular formula is C24H44N6O7. The minimum atomic E-state index is -0.711. The number of primary amides is 1. The molecule has 1 aromatic rings. The van der Waals surface area contributed by atoms with Crippen molar-refractivity contribution >= 4 is 35.9 Å². The van der Waals surface area contributed by atoms with Crippen LogP contribution in [-0.2, 0) is 25.8 Å². The zero-order valence-electron chi connectivity index (χ0n) is 22.6. The van der Waals surface area contributed by atoms with Gasteiger partial charge in [-0.15, -0.1) is 0 Å². The Labute approximate surface area is 219 Å². The van der Waals surface area contributed by atoms with Gasteiger partial charge in [0.25, 0.3) is 6.47 Å². The molecular weight excluding hydrogens is 484 g/mol. The number of carbonyl (C=O) groups is 5. The summed E-state index contributed by atoms with van der Waals surface area (Å²) >= 11 is 0. The van der Waals surface area contributed by atoms with E-state index in [0.29, 0.717) is 12.2 Å². The van der Waals surface area contributed by atoms with Gasteiger partial charge < -0.3 is 42.5 Å². The second-order valence-corrected chi connectivity index (χ2v) is 7.34. The molecule has 212 valence electrons. The lowest BCUT2D eigenvalue weighted by atomic mass is 10.0. The van der Waals surface area contributed by atoms with Crippen LogP contribution in [0.15, 0.2) is 24.3 Å².